The Morgan fingerprint density at radius 2 is 1.76 bits per heavy atom. The molecule has 0 spiro atoms. The van der Waals surface area contributed by atoms with E-state index in [1.807, 2.05) is 25.1 Å². The molecule has 0 aliphatic heterocycles. The molecule has 1 aromatic carbocycles. The third-order valence-corrected chi connectivity index (χ3v) is 4.24. The molecule has 0 saturated heterocycles. The summed E-state index contributed by atoms with van der Waals surface area (Å²) in [7, 11) is 3.26. The number of ether oxygens (including phenoxy) is 2. The van der Waals surface area contributed by atoms with Gasteiger partial charge in [-0.25, -0.2) is 9.97 Å². The Balaban J connectivity index is 2.02. The van der Waals surface area contributed by atoms with Crippen LogP contribution in [0.3, 0.4) is 0 Å². The van der Waals surface area contributed by atoms with Crippen molar-refractivity contribution < 1.29 is 9.47 Å². The maximum atomic E-state index is 5.28. The van der Waals surface area contributed by atoms with Crippen LogP contribution >= 0.6 is 11.3 Å². The molecular formula is C15H15N3O2S. The number of hydrogen-bond acceptors (Lipinski definition) is 6. The third-order valence-electron chi connectivity index (χ3n) is 3.15. The molecule has 3 aromatic rings. The first kappa shape index (κ1) is 13.6. The van der Waals surface area contributed by atoms with Crippen molar-refractivity contribution in [3.05, 3.63) is 35.5 Å². The zero-order valence-electron chi connectivity index (χ0n) is 12.0. The highest BCUT2D eigenvalue weighted by molar-refractivity contribution is 7.18. The number of methoxy groups -OCH3 is 2. The number of hydrogen-bond donors (Lipinski definition) is 1. The van der Waals surface area contributed by atoms with E-state index in [1.165, 1.54) is 0 Å². The average Bonchev–Trinajstić information content (AvgIpc) is 2.89. The second kappa shape index (κ2) is 5.57. The Morgan fingerprint density at radius 1 is 1.05 bits per heavy atom. The van der Waals surface area contributed by atoms with Gasteiger partial charge in [0, 0.05) is 23.9 Å². The Hall–Kier alpha value is -2.34. The van der Waals surface area contributed by atoms with Gasteiger partial charge in [0.25, 0.3) is 0 Å². The predicted octanol–water partition coefficient (Wildman–Crippen LogP) is 3.76. The molecule has 5 nitrogen and oxygen atoms in total. The summed E-state index contributed by atoms with van der Waals surface area (Å²) in [5.74, 6) is 2.24. The summed E-state index contributed by atoms with van der Waals surface area (Å²) in [6, 6.07) is 5.63. The molecular weight excluding hydrogens is 286 g/mol. The minimum Gasteiger partial charge on any atom is -0.497 e. The Bertz CT molecular complexity index is 763. The van der Waals surface area contributed by atoms with E-state index in [4.69, 9.17) is 9.47 Å². The number of aryl methyl sites for hydroxylation is 1. The second-order valence-corrected chi connectivity index (χ2v) is 5.42. The number of rotatable bonds is 4. The fraction of sp³-hybridized carbons (Fsp3) is 0.200. The lowest BCUT2D eigenvalue weighted by molar-refractivity contribution is 0.395. The summed E-state index contributed by atoms with van der Waals surface area (Å²) in [4.78, 5) is 8.65. The van der Waals surface area contributed by atoms with Crippen molar-refractivity contribution in [3.63, 3.8) is 0 Å². The highest BCUT2D eigenvalue weighted by atomic mass is 32.1. The maximum absolute atomic E-state index is 5.28. The third kappa shape index (κ3) is 2.62. The summed E-state index contributed by atoms with van der Waals surface area (Å²) >= 11 is 1.63. The molecule has 0 amide bonds. The standard InChI is InChI=1S/C15H15N3O2S/c1-9-7-21-14-13(9)16-8-17-15(14)18-10-4-11(19-2)6-12(5-10)20-3/h4-8H,1-3H3,(H,16,17,18). The van der Waals surface area contributed by atoms with Gasteiger partial charge in [-0.1, -0.05) is 0 Å². The van der Waals surface area contributed by atoms with E-state index in [-0.39, 0.29) is 0 Å². The number of aromatic nitrogens is 2. The van der Waals surface area contributed by atoms with Crippen molar-refractivity contribution in [1.29, 1.82) is 0 Å². The molecule has 108 valence electrons. The van der Waals surface area contributed by atoms with Gasteiger partial charge in [-0.05, 0) is 17.9 Å². The van der Waals surface area contributed by atoms with Crippen LogP contribution in [-0.4, -0.2) is 24.2 Å². The zero-order chi connectivity index (χ0) is 14.8. The largest absolute Gasteiger partial charge is 0.497 e. The second-order valence-electron chi connectivity index (χ2n) is 4.55. The van der Waals surface area contributed by atoms with E-state index in [0.717, 1.165) is 38.8 Å². The van der Waals surface area contributed by atoms with Crippen molar-refractivity contribution in [1.82, 2.24) is 9.97 Å². The van der Waals surface area contributed by atoms with Crippen molar-refractivity contribution >= 4 is 33.1 Å². The topological polar surface area (TPSA) is 56.3 Å². The van der Waals surface area contributed by atoms with Crippen molar-refractivity contribution in [3.8, 4) is 11.5 Å². The Morgan fingerprint density at radius 3 is 2.43 bits per heavy atom. The van der Waals surface area contributed by atoms with Gasteiger partial charge in [0.05, 0.1) is 24.4 Å². The highest BCUT2D eigenvalue weighted by Crippen LogP contribution is 2.32. The van der Waals surface area contributed by atoms with Gasteiger partial charge in [0.2, 0.25) is 0 Å². The number of anilines is 2. The van der Waals surface area contributed by atoms with Gasteiger partial charge in [-0.3, -0.25) is 0 Å². The van der Waals surface area contributed by atoms with Gasteiger partial charge >= 0.3 is 0 Å². The molecule has 2 aromatic heterocycles. The minimum atomic E-state index is 0.726. The number of nitrogens with zero attached hydrogens (tertiary/aromatic N) is 2. The average molecular weight is 301 g/mol. The smallest absolute Gasteiger partial charge is 0.151 e. The molecule has 0 aliphatic carbocycles. The Kier molecular flexibility index (Phi) is 3.62. The molecule has 0 radical (unpaired) electrons. The van der Waals surface area contributed by atoms with E-state index in [2.05, 4.69) is 20.7 Å². The van der Waals surface area contributed by atoms with Crippen LogP contribution < -0.4 is 14.8 Å². The van der Waals surface area contributed by atoms with Crippen LogP contribution in [0.1, 0.15) is 5.56 Å². The van der Waals surface area contributed by atoms with Crippen molar-refractivity contribution in [2.75, 3.05) is 19.5 Å². The lowest BCUT2D eigenvalue weighted by Crippen LogP contribution is -1.96. The van der Waals surface area contributed by atoms with Crippen molar-refractivity contribution in [2.45, 2.75) is 6.92 Å². The molecule has 0 atom stereocenters. The normalized spacial score (nSPS) is 10.6. The van der Waals surface area contributed by atoms with Gasteiger partial charge in [-0.2, -0.15) is 0 Å². The number of fused-ring (bicyclic) bond motifs is 1. The maximum Gasteiger partial charge on any atom is 0.151 e. The summed E-state index contributed by atoms with van der Waals surface area (Å²) in [6.07, 6.45) is 1.57. The van der Waals surface area contributed by atoms with Gasteiger partial charge in [0.1, 0.15) is 17.8 Å². The predicted molar refractivity (Wildman–Crippen MR) is 85.0 cm³/mol. The van der Waals surface area contributed by atoms with Crippen LogP contribution in [0.5, 0.6) is 11.5 Å². The Labute approximate surface area is 126 Å². The lowest BCUT2D eigenvalue weighted by Gasteiger charge is -2.10. The van der Waals surface area contributed by atoms with E-state index < -0.39 is 0 Å². The van der Waals surface area contributed by atoms with Crippen LogP contribution in [0.2, 0.25) is 0 Å². The number of thiophene rings is 1. The summed E-state index contributed by atoms with van der Waals surface area (Å²) in [5, 5.41) is 5.39. The minimum absolute atomic E-state index is 0.726. The van der Waals surface area contributed by atoms with Crippen LogP contribution in [-0.2, 0) is 0 Å². The zero-order valence-corrected chi connectivity index (χ0v) is 12.8. The van der Waals surface area contributed by atoms with Gasteiger partial charge < -0.3 is 14.8 Å². The van der Waals surface area contributed by atoms with E-state index in [1.54, 1.807) is 31.9 Å². The SMILES string of the molecule is COc1cc(Nc2ncnc3c(C)csc23)cc(OC)c1. The monoisotopic (exact) mass is 301 g/mol. The molecule has 0 saturated carbocycles. The molecule has 0 aliphatic rings. The highest BCUT2D eigenvalue weighted by Gasteiger charge is 2.09. The summed E-state index contributed by atoms with van der Waals surface area (Å²) in [5.41, 5.74) is 2.99. The molecule has 3 rings (SSSR count). The molecule has 21 heavy (non-hydrogen) atoms. The van der Waals surface area contributed by atoms with Gasteiger partial charge in [0.15, 0.2) is 5.82 Å². The van der Waals surface area contributed by atoms with Crippen LogP contribution in [0.4, 0.5) is 11.5 Å². The first-order valence-electron chi connectivity index (χ1n) is 6.40. The molecule has 1 N–H and O–H groups in total. The van der Waals surface area contributed by atoms with Crippen LogP contribution in [0, 0.1) is 6.92 Å². The molecule has 0 fully saturated rings. The molecule has 0 unspecified atom stereocenters. The number of nitrogens with one attached hydrogen (secondary N) is 1. The first-order valence-corrected chi connectivity index (χ1v) is 7.28. The molecule has 2 heterocycles. The quantitative estimate of drug-likeness (QED) is 0.795. The summed E-state index contributed by atoms with van der Waals surface area (Å²) in [6.45, 7) is 2.05. The van der Waals surface area contributed by atoms with Crippen LogP contribution in [0.15, 0.2) is 29.9 Å². The van der Waals surface area contributed by atoms with Crippen LogP contribution in [0.25, 0.3) is 10.2 Å². The molecule has 0 bridgehead atoms. The van der Waals surface area contributed by atoms with E-state index >= 15 is 0 Å². The van der Waals surface area contributed by atoms with E-state index in [9.17, 15) is 0 Å². The summed E-state index contributed by atoms with van der Waals surface area (Å²) < 4.78 is 11.6. The fourth-order valence-corrected chi connectivity index (χ4v) is 3.02. The lowest BCUT2D eigenvalue weighted by atomic mass is 10.2. The first-order chi connectivity index (χ1) is 10.2. The molecule has 6 heteroatoms. The van der Waals surface area contributed by atoms with Crippen molar-refractivity contribution in [2.24, 2.45) is 0 Å². The van der Waals surface area contributed by atoms with E-state index in [0.29, 0.717) is 0 Å². The van der Waals surface area contributed by atoms with Gasteiger partial charge in [-0.15, -0.1) is 11.3 Å². The number of benzene rings is 1. The fourth-order valence-electron chi connectivity index (χ4n) is 2.07.